The Hall–Kier alpha value is -4.29. The molecule has 12 heteroatoms. The molecule has 0 spiro atoms. The smallest absolute Gasteiger partial charge is 0.319 e. The Bertz CT molecular complexity index is 1380. The fourth-order valence-corrected chi connectivity index (χ4v) is 5.55. The van der Waals surface area contributed by atoms with Crippen LogP contribution in [0.15, 0.2) is 48.5 Å². The highest BCUT2D eigenvalue weighted by molar-refractivity contribution is 5.92. The number of nitrogens with one attached hydrogen (secondary N) is 2. The molecule has 41 heavy (non-hydrogen) atoms. The maximum atomic E-state index is 12.5. The molecule has 0 radical (unpaired) electrons. The zero-order valence-corrected chi connectivity index (χ0v) is 23.0. The summed E-state index contributed by atoms with van der Waals surface area (Å²) in [4.78, 5) is 43.0. The van der Waals surface area contributed by atoms with Gasteiger partial charge in [-0.25, -0.2) is 4.79 Å². The van der Waals surface area contributed by atoms with Crippen LogP contribution in [0.1, 0.15) is 35.7 Å². The van der Waals surface area contributed by atoms with E-state index >= 15 is 0 Å². The molecule has 3 amide bonds. The Labute approximate surface area is 238 Å². The standard InChI is InChI=1S/C29H34N8O4/c1-18-15-40-13-12-36(18)27-33-26(34-28(35-27)37-23-10-11-24(37)17-41-16-23)21-6-8-22(9-7-21)32-29(39)31-14-19-2-4-20(5-3-19)25(30)38/h2-9,18,23-24H,10-17H2,1H3,(H2,30,38)(H2,31,32,39). The summed E-state index contributed by atoms with van der Waals surface area (Å²) in [6.45, 7) is 5.76. The molecular formula is C29H34N8O4. The number of primary amides is 1. The van der Waals surface area contributed by atoms with Gasteiger partial charge in [0.15, 0.2) is 5.82 Å². The van der Waals surface area contributed by atoms with Crippen molar-refractivity contribution in [1.82, 2.24) is 20.3 Å². The van der Waals surface area contributed by atoms with Crippen LogP contribution in [0.5, 0.6) is 0 Å². The Morgan fingerprint density at radius 3 is 2.32 bits per heavy atom. The first-order valence-electron chi connectivity index (χ1n) is 13.9. The van der Waals surface area contributed by atoms with Crippen LogP contribution < -0.4 is 26.2 Å². The minimum Gasteiger partial charge on any atom is -0.377 e. The summed E-state index contributed by atoms with van der Waals surface area (Å²) in [5.41, 5.74) is 8.02. The van der Waals surface area contributed by atoms with E-state index in [1.165, 1.54) is 0 Å². The van der Waals surface area contributed by atoms with E-state index in [1.54, 1.807) is 24.3 Å². The van der Waals surface area contributed by atoms with Gasteiger partial charge in [-0.05, 0) is 61.7 Å². The van der Waals surface area contributed by atoms with Crippen molar-refractivity contribution in [3.05, 3.63) is 59.7 Å². The summed E-state index contributed by atoms with van der Waals surface area (Å²) >= 11 is 0. The molecule has 0 aliphatic carbocycles. The van der Waals surface area contributed by atoms with Gasteiger partial charge in [0.05, 0.1) is 44.6 Å². The number of nitrogens with two attached hydrogens (primary N) is 1. The highest BCUT2D eigenvalue weighted by Crippen LogP contribution is 2.34. The topological polar surface area (TPSA) is 148 Å². The van der Waals surface area contributed by atoms with E-state index in [0.29, 0.717) is 68.5 Å². The molecule has 6 rings (SSSR count). The zero-order valence-electron chi connectivity index (χ0n) is 23.0. The number of anilines is 3. The second-order valence-corrected chi connectivity index (χ2v) is 10.7. The van der Waals surface area contributed by atoms with Crippen molar-refractivity contribution in [2.24, 2.45) is 5.73 Å². The molecule has 214 valence electrons. The van der Waals surface area contributed by atoms with Gasteiger partial charge in [0, 0.05) is 29.9 Å². The molecule has 0 saturated carbocycles. The number of hydrogen-bond donors (Lipinski definition) is 3. The largest absolute Gasteiger partial charge is 0.377 e. The van der Waals surface area contributed by atoms with Crippen LogP contribution in [0.25, 0.3) is 11.4 Å². The minimum absolute atomic E-state index is 0.152. The van der Waals surface area contributed by atoms with Crippen molar-refractivity contribution in [3.8, 4) is 11.4 Å². The second-order valence-electron chi connectivity index (χ2n) is 10.7. The van der Waals surface area contributed by atoms with Gasteiger partial charge >= 0.3 is 6.03 Å². The average Bonchev–Trinajstić information content (AvgIpc) is 3.24. The molecule has 12 nitrogen and oxygen atoms in total. The Kier molecular flexibility index (Phi) is 7.66. The van der Waals surface area contributed by atoms with Gasteiger partial charge in [0.2, 0.25) is 17.8 Å². The number of urea groups is 1. The molecule has 2 bridgehead atoms. The van der Waals surface area contributed by atoms with Gasteiger partial charge in [0.25, 0.3) is 0 Å². The second kappa shape index (κ2) is 11.7. The van der Waals surface area contributed by atoms with E-state index in [0.717, 1.165) is 24.0 Å². The number of morpholine rings is 2. The first-order valence-corrected chi connectivity index (χ1v) is 13.9. The lowest BCUT2D eigenvalue weighted by Crippen LogP contribution is -2.48. The van der Waals surface area contributed by atoms with E-state index in [9.17, 15) is 9.59 Å². The summed E-state index contributed by atoms with van der Waals surface area (Å²) in [5, 5.41) is 5.67. The van der Waals surface area contributed by atoms with Gasteiger partial charge in [0.1, 0.15) is 0 Å². The summed E-state index contributed by atoms with van der Waals surface area (Å²) in [6, 6.07) is 14.6. The molecule has 3 saturated heterocycles. The van der Waals surface area contributed by atoms with Gasteiger partial charge < -0.3 is 35.6 Å². The van der Waals surface area contributed by atoms with Crippen molar-refractivity contribution in [2.45, 2.75) is 44.4 Å². The molecule has 4 N–H and O–H groups in total. The maximum Gasteiger partial charge on any atom is 0.319 e. The maximum absolute atomic E-state index is 12.5. The zero-order chi connectivity index (χ0) is 28.3. The van der Waals surface area contributed by atoms with E-state index in [2.05, 4.69) is 27.4 Å². The number of benzene rings is 2. The SMILES string of the molecule is CC1COCCN1c1nc(-c2ccc(NC(=O)NCc3ccc(C(N)=O)cc3)cc2)nc(N2C3CCC2COC3)n1. The minimum atomic E-state index is -0.487. The average molecular weight is 559 g/mol. The lowest BCUT2D eigenvalue weighted by atomic mass is 10.1. The quantitative estimate of drug-likeness (QED) is 0.398. The van der Waals surface area contributed by atoms with E-state index in [-0.39, 0.29) is 24.2 Å². The molecule has 3 aliphatic heterocycles. The molecule has 4 heterocycles. The number of carbonyl (C=O) groups excluding carboxylic acids is 2. The van der Waals surface area contributed by atoms with Crippen molar-refractivity contribution in [3.63, 3.8) is 0 Å². The highest BCUT2D eigenvalue weighted by atomic mass is 16.5. The van der Waals surface area contributed by atoms with Crippen molar-refractivity contribution >= 4 is 29.5 Å². The lowest BCUT2D eigenvalue weighted by molar-refractivity contribution is 0.0895. The number of amides is 3. The normalized spacial score (nSPS) is 21.9. The van der Waals surface area contributed by atoms with Crippen molar-refractivity contribution in [1.29, 1.82) is 0 Å². The summed E-state index contributed by atoms with van der Waals surface area (Å²) in [6.07, 6.45) is 2.13. The van der Waals surface area contributed by atoms with Gasteiger partial charge in [-0.1, -0.05) is 12.1 Å². The Balaban J connectivity index is 1.18. The Morgan fingerprint density at radius 2 is 1.63 bits per heavy atom. The molecule has 3 fully saturated rings. The number of hydrogen-bond acceptors (Lipinski definition) is 9. The van der Waals surface area contributed by atoms with Gasteiger partial charge in [-0.2, -0.15) is 15.0 Å². The molecule has 3 atom stereocenters. The van der Waals surface area contributed by atoms with Crippen molar-refractivity contribution in [2.75, 3.05) is 48.1 Å². The Morgan fingerprint density at radius 1 is 0.927 bits per heavy atom. The molecule has 1 aromatic heterocycles. The number of rotatable bonds is 7. The van der Waals surface area contributed by atoms with E-state index < -0.39 is 5.91 Å². The van der Waals surface area contributed by atoms with Crippen LogP contribution in [-0.4, -0.2) is 78.0 Å². The third-order valence-corrected chi connectivity index (χ3v) is 7.80. The number of aromatic nitrogens is 3. The van der Waals surface area contributed by atoms with E-state index in [1.807, 2.05) is 24.3 Å². The van der Waals surface area contributed by atoms with Crippen LogP contribution in [0.2, 0.25) is 0 Å². The van der Waals surface area contributed by atoms with Crippen LogP contribution in [0, 0.1) is 0 Å². The van der Waals surface area contributed by atoms with Crippen LogP contribution in [0.4, 0.5) is 22.4 Å². The number of nitrogens with zero attached hydrogens (tertiary/aromatic N) is 5. The van der Waals surface area contributed by atoms with Gasteiger partial charge in [-0.15, -0.1) is 0 Å². The fraction of sp³-hybridized carbons (Fsp3) is 0.414. The predicted molar refractivity (Wildman–Crippen MR) is 154 cm³/mol. The summed E-state index contributed by atoms with van der Waals surface area (Å²) in [5.74, 6) is 1.44. The monoisotopic (exact) mass is 558 g/mol. The predicted octanol–water partition coefficient (Wildman–Crippen LogP) is 2.55. The lowest BCUT2D eigenvalue weighted by Gasteiger charge is -2.36. The number of fused-ring (bicyclic) bond motifs is 2. The summed E-state index contributed by atoms with van der Waals surface area (Å²) < 4.78 is 11.4. The van der Waals surface area contributed by atoms with Crippen LogP contribution in [0.3, 0.4) is 0 Å². The third kappa shape index (κ3) is 5.93. The van der Waals surface area contributed by atoms with Crippen LogP contribution in [-0.2, 0) is 16.0 Å². The van der Waals surface area contributed by atoms with Gasteiger partial charge in [-0.3, -0.25) is 4.79 Å². The highest BCUT2D eigenvalue weighted by Gasteiger charge is 2.39. The number of ether oxygens (including phenoxy) is 2. The fourth-order valence-electron chi connectivity index (χ4n) is 5.55. The van der Waals surface area contributed by atoms with E-state index in [4.69, 9.17) is 30.2 Å². The molecule has 3 aliphatic rings. The summed E-state index contributed by atoms with van der Waals surface area (Å²) in [7, 11) is 0. The number of carbonyl (C=O) groups is 2. The molecular weight excluding hydrogens is 524 g/mol. The third-order valence-electron chi connectivity index (χ3n) is 7.80. The first-order chi connectivity index (χ1) is 19.9. The molecule has 3 unspecified atom stereocenters. The first kappa shape index (κ1) is 26.9. The van der Waals surface area contributed by atoms with Crippen LogP contribution >= 0.6 is 0 Å². The molecule has 3 aromatic rings. The molecule has 2 aromatic carbocycles. The van der Waals surface area contributed by atoms with Crippen molar-refractivity contribution < 1.29 is 19.1 Å².